The Balaban J connectivity index is 1.81. The lowest BCUT2D eigenvalue weighted by atomic mass is 9.98. The molecule has 0 spiro atoms. The van der Waals surface area contributed by atoms with E-state index in [1.807, 2.05) is 11.1 Å². The Bertz CT molecular complexity index is 1190. The van der Waals surface area contributed by atoms with Crippen molar-refractivity contribution in [3.63, 3.8) is 0 Å². The summed E-state index contributed by atoms with van der Waals surface area (Å²) >= 11 is 6.42. The molecule has 1 aliphatic heterocycles. The molecule has 0 aliphatic carbocycles. The number of rotatable bonds is 8. The number of fused-ring (bicyclic) bond motifs is 3. The summed E-state index contributed by atoms with van der Waals surface area (Å²) in [5.74, 6) is 0.835. The molecule has 0 bridgehead atoms. The van der Waals surface area contributed by atoms with Gasteiger partial charge in [-0.3, -0.25) is 14.4 Å². The summed E-state index contributed by atoms with van der Waals surface area (Å²) in [6, 6.07) is 10.7. The highest BCUT2D eigenvalue weighted by atomic mass is 35.5. The zero-order valence-corrected chi connectivity index (χ0v) is 19.7. The topological polar surface area (TPSA) is 55.5 Å². The van der Waals surface area contributed by atoms with E-state index in [9.17, 15) is 13.2 Å². The van der Waals surface area contributed by atoms with Crippen LogP contribution in [-0.4, -0.2) is 38.6 Å². The zero-order valence-electron chi connectivity index (χ0n) is 18.9. The van der Waals surface area contributed by atoms with Gasteiger partial charge in [0.25, 0.3) is 0 Å². The van der Waals surface area contributed by atoms with E-state index in [4.69, 9.17) is 16.4 Å². The predicted molar refractivity (Wildman–Crippen MR) is 124 cm³/mol. The Labute approximate surface area is 201 Å². The number of benzene rings is 2. The molecule has 180 valence electrons. The number of nitrogens with zero attached hydrogens (tertiary/aromatic N) is 5. The fourth-order valence-corrected chi connectivity index (χ4v) is 4.15. The van der Waals surface area contributed by atoms with E-state index in [1.54, 1.807) is 22.8 Å². The molecule has 0 amide bonds. The van der Waals surface area contributed by atoms with E-state index in [0.717, 1.165) is 38.1 Å². The van der Waals surface area contributed by atoms with Gasteiger partial charge in [0.05, 0.1) is 17.0 Å². The molecule has 1 aromatic heterocycles. The second-order valence-corrected chi connectivity index (χ2v) is 8.35. The third-order valence-electron chi connectivity index (χ3n) is 5.45. The molecular formula is C24H25ClF3N5O. The Morgan fingerprint density at radius 1 is 1.03 bits per heavy atom. The smallest absolute Gasteiger partial charge is 0.291 e. The second-order valence-electron chi connectivity index (χ2n) is 7.94. The Morgan fingerprint density at radius 3 is 2.44 bits per heavy atom. The molecule has 4 rings (SSSR count). The van der Waals surface area contributed by atoms with Crippen LogP contribution in [0.25, 0.3) is 5.69 Å². The van der Waals surface area contributed by atoms with Crippen LogP contribution in [0.15, 0.2) is 47.5 Å². The van der Waals surface area contributed by atoms with Crippen LogP contribution in [0.1, 0.15) is 55.0 Å². The molecule has 1 aliphatic rings. The monoisotopic (exact) mass is 491 g/mol. The summed E-state index contributed by atoms with van der Waals surface area (Å²) in [5.41, 5.74) is 1.18. The molecule has 0 saturated carbocycles. The molecule has 34 heavy (non-hydrogen) atoms. The summed E-state index contributed by atoms with van der Waals surface area (Å²) < 4.78 is 42.6. The molecule has 0 radical (unpaired) electrons. The predicted octanol–water partition coefficient (Wildman–Crippen LogP) is 5.84. The minimum Gasteiger partial charge on any atom is -0.291 e. The fraction of sp³-hybridized carbons (Fsp3) is 0.375. The summed E-state index contributed by atoms with van der Waals surface area (Å²) in [6.45, 7) is 5.80. The van der Waals surface area contributed by atoms with Gasteiger partial charge in [-0.25, -0.2) is 0 Å². The minimum atomic E-state index is -4.51. The summed E-state index contributed by atoms with van der Waals surface area (Å²) in [5, 5.41) is 10.7. The van der Waals surface area contributed by atoms with Crippen molar-refractivity contribution in [1.29, 1.82) is 0 Å². The third-order valence-corrected chi connectivity index (χ3v) is 5.78. The van der Waals surface area contributed by atoms with E-state index in [1.165, 1.54) is 6.07 Å². The maximum absolute atomic E-state index is 13.6. The highest BCUT2D eigenvalue weighted by molar-refractivity contribution is 6.35. The number of hydroxylamine groups is 2. The van der Waals surface area contributed by atoms with Gasteiger partial charge >= 0.3 is 6.18 Å². The van der Waals surface area contributed by atoms with E-state index < -0.39 is 11.7 Å². The van der Waals surface area contributed by atoms with E-state index in [2.05, 4.69) is 29.0 Å². The van der Waals surface area contributed by atoms with Crippen molar-refractivity contribution < 1.29 is 18.0 Å². The van der Waals surface area contributed by atoms with Crippen molar-refractivity contribution in [1.82, 2.24) is 19.8 Å². The molecule has 3 aromatic rings. The molecule has 10 heteroatoms. The van der Waals surface area contributed by atoms with E-state index >= 15 is 0 Å². The van der Waals surface area contributed by atoms with E-state index in [0.29, 0.717) is 39.2 Å². The largest absolute Gasteiger partial charge is 0.416 e. The number of hydrogen-bond acceptors (Lipinski definition) is 5. The summed E-state index contributed by atoms with van der Waals surface area (Å²) in [7, 11) is 0. The highest BCUT2D eigenvalue weighted by Crippen LogP contribution is 2.35. The highest BCUT2D eigenvalue weighted by Gasteiger charge is 2.33. The summed E-state index contributed by atoms with van der Waals surface area (Å²) in [4.78, 5) is 10.6. The number of aliphatic imine (C=N–C) groups is 1. The standard InChI is InChI=1S/C24H25ClF3N5O/c1-3-11-32(12-4-2)34-15-22-31-30-21-14-29-23(17-7-5-6-8-19(17)25)18-10-9-16(24(26,27)28)13-20(18)33(21)22/h5-10,13H,3-4,11-12,14-15H2,1-2H3. The Kier molecular flexibility index (Phi) is 7.35. The lowest BCUT2D eigenvalue weighted by Crippen LogP contribution is -2.26. The van der Waals surface area contributed by atoms with Gasteiger partial charge in [-0.15, -0.1) is 10.2 Å². The van der Waals surface area contributed by atoms with Gasteiger partial charge in [0.15, 0.2) is 11.6 Å². The normalized spacial score (nSPS) is 13.4. The third kappa shape index (κ3) is 5.01. The van der Waals surface area contributed by atoms with Crippen LogP contribution in [0.4, 0.5) is 13.2 Å². The fourth-order valence-electron chi connectivity index (χ4n) is 3.93. The van der Waals surface area contributed by atoms with Crippen molar-refractivity contribution in [3.8, 4) is 5.69 Å². The number of aromatic nitrogens is 3. The molecule has 0 unspecified atom stereocenters. The minimum absolute atomic E-state index is 0.0735. The average molecular weight is 492 g/mol. The zero-order chi connectivity index (χ0) is 24.3. The summed E-state index contributed by atoms with van der Waals surface area (Å²) in [6.07, 6.45) is -2.69. The van der Waals surface area contributed by atoms with Crippen molar-refractivity contribution in [2.45, 2.75) is 46.0 Å². The molecule has 0 saturated heterocycles. The first-order chi connectivity index (χ1) is 16.3. The number of halogens is 4. The van der Waals surface area contributed by atoms with Gasteiger partial charge in [0.2, 0.25) is 0 Å². The van der Waals surface area contributed by atoms with Gasteiger partial charge in [0, 0.05) is 29.2 Å². The molecule has 6 nitrogen and oxygen atoms in total. The molecule has 0 N–H and O–H groups in total. The maximum Gasteiger partial charge on any atom is 0.416 e. The first kappa shape index (κ1) is 24.4. The van der Waals surface area contributed by atoms with Crippen molar-refractivity contribution >= 4 is 17.3 Å². The van der Waals surface area contributed by atoms with Gasteiger partial charge in [-0.2, -0.15) is 18.2 Å². The molecule has 0 fully saturated rings. The quantitative estimate of drug-likeness (QED) is 0.371. The maximum atomic E-state index is 13.6. The first-order valence-corrected chi connectivity index (χ1v) is 11.5. The second kappa shape index (κ2) is 10.2. The van der Waals surface area contributed by atoms with Gasteiger partial charge in [-0.05, 0) is 31.0 Å². The Morgan fingerprint density at radius 2 is 1.76 bits per heavy atom. The average Bonchev–Trinajstić information content (AvgIpc) is 3.13. The SMILES string of the molecule is CCCN(CCC)OCc1nnc2n1-c1cc(C(F)(F)F)ccc1C(c1ccccc1Cl)=NC2. The van der Waals surface area contributed by atoms with Crippen LogP contribution in [0, 0.1) is 0 Å². The first-order valence-electron chi connectivity index (χ1n) is 11.2. The van der Waals surface area contributed by atoms with Gasteiger partial charge in [0.1, 0.15) is 13.2 Å². The molecule has 2 heterocycles. The van der Waals surface area contributed by atoms with Gasteiger partial charge in [-0.1, -0.05) is 49.7 Å². The molecule has 2 aromatic carbocycles. The number of hydrogen-bond donors (Lipinski definition) is 0. The van der Waals surface area contributed by atoms with Gasteiger partial charge < -0.3 is 0 Å². The van der Waals surface area contributed by atoms with Crippen LogP contribution >= 0.6 is 11.6 Å². The molecular weight excluding hydrogens is 467 g/mol. The Hall–Kier alpha value is -2.75. The van der Waals surface area contributed by atoms with Crippen molar-refractivity contribution in [3.05, 3.63) is 75.8 Å². The van der Waals surface area contributed by atoms with Crippen molar-refractivity contribution in [2.24, 2.45) is 4.99 Å². The van der Waals surface area contributed by atoms with Crippen LogP contribution in [0.3, 0.4) is 0 Å². The van der Waals surface area contributed by atoms with Crippen LogP contribution in [-0.2, 0) is 24.2 Å². The van der Waals surface area contributed by atoms with Crippen LogP contribution in [0.2, 0.25) is 5.02 Å². The van der Waals surface area contributed by atoms with Crippen LogP contribution < -0.4 is 0 Å². The lowest BCUT2D eigenvalue weighted by Gasteiger charge is -2.21. The van der Waals surface area contributed by atoms with Crippen molar-refractivity contribution in [2.75, 3.05) is 13.1 Å². The molecule has 0 atom stereocenters. The lowest BCUT2D eigenvalue weighted by molar-refractivity contribution is -0.171. The number of alkyl halides is 3. The van der Waals surface area contributed by atoms with E-state index in [-0.39, 0.29) is 13.2 Å². The van der Waals surface area contributed by atoms with Crippen LogP contribution in [0.5, 0.6) is 0 Å².